The molecule has 0 saturated carbocycles. The summed E-state index contributed by atoms with van der Waals surface area (Å²) in [7, 11) is 0. The van der Waals surface area contributed by atoms with Crippen molar-refractivity contribution in [2.45, 2.75) is 24.2 Å². The van der Waals surface area contributed by atoms with E-state index in [2.05, 4.69) is 17.4 Å². The van der Waals surface area contributed by atoms with Crippen LogP contribution >= 0.6 is 11.8 Å². The Bertz CT molecular complexity index is 704. The molecule has 0 radical (unpaired) electrons. The summed E-state index contributed by atoms with van der Waals surface area (Å²) in [4.78, 5) is 12.3. The number of hydrogen-bond acceptors (Lipinski definition) is 4. The van der Waals surface area contributed by atoms with Crippen LogP contribution in [-0.2, 0) is 20.9 Å². The van der Waals surface area contributed by atoms with Gasteiger partial charge in [-0.15, -0.1) is 11.8 Å². The van der Waals surface area contributed by atoms with Gasteiger partial charge >= 0.3 is 0 Å². The fraction of sp³-hybridized carbons (Fsp3) is 0.409. The molecule has 144 valence electrons. The number of thioether (sulfide) groups is 1. The summed E-state index contributed by atoms with van der Waals surface area (Å²) in [6, 6.07) is 19.8. The van der Waals surface area contributed by atoms with E-state index in [9.17, 15) is 9.90 Å². The maximum absolute atomic E-state index is 12.3. The maximum Gasteiger partial charge on any atom is 0.230 e. The number of ether oxygens (including phenoxy) is 1. The first-order valence-corrected chi connectivity index (χ1v) is 10.6. The topological polar surface area (TPSA) is 58.6 Å². The third kappa shape index (κ3) is 5.58. The monoisotopic (exact) mass is 385 g/mol. The van der Waals surface area contributed by atoms with E-state index in [0.717, 1.165) is 24.2 Å². The van der Waals surface area contributed by atoms with Crippen molar-refractivity contribution in [2.24, 2.45) is 5.92 Å². The van der Waals surface area contributed by atoms with Crippen LogP contribution < -0.4 is 5.32 Å². The van der Waals surface area contributed by atoms with Gasteiger partial charge in [0.1, 0.15) is 5.60 Å². The summed E-state index contributed by atoms with van der Waals surface area (Å²) < 4.78 is 5.45. The van der Waals surface area contributed by atoms with E-state index in [4.69, 9.17) is 4.74 Å². The van der Waals surface area contributed by atoms with Crippen LogP contribution in [0.5, 0.6) is 0 Å². The Labute approximate surface area is 165 Å². The van der Waals surface area contributed by atoms with Crippen LogP contribution in [0.15, 0.2) is 60.7 Å². The van der Waals surface area contributed by atoms with Crippen LogP contribution in [0.4, 0.5) is 0 Å². The third-order valence-electron chi connectivity index (χ3n) is 5.07. The van der Waals surface area contributed by atoms with Crippen molar-refractivity contribution >= 4 is 17.7 Å². The summed E-state index contributed by atoms with van der Waals surface area (Å²) in [5, 5.41) is 14.4. The highest BCUT2D eigenvalue weighted by atomic mass is 32.2. The quantitative estimate of drug-likeness (QED) is 0.732. The highest BCUT2D eigenvalue weighted by molar-refractivity contribution is 7.99. The lowest BCUT2D eigenvalue weighted by atomic mass is 9.77. The molecule has 1 aliphatic rings. The molecule has 0 bridgehead atoms. The van der Waals surface area contributed by atoms with Crippen molar-refractivity contribution in [3.05, 3.63) is 71.8 Å². The average Bonchev–Trinajstić information content (AvgIpc) is 2.74. The van der Waals surface area contributed by atoms with Gasteiger partial charge in [-0.25, -0.2) is 0 Å². The van der Waals surface area contributed by atoms with E-state index < -0.39 is 5.60 Å². The molecule has 4 nitrogen and oxygen atoms in total. The fourth-order valence-electron chi connectivity index (χ4n) is 3.50. The zero-order valence-corrected chi connectivity index (χ0v) is 16.3. The van der Waals surface area contributed by atoms with Gasteiger partial charge in [-0.2, -0.15) is 0 Å². The van der Waals surface area contributed by atoms with Crippen molar-refractivity contribution in [2.75, 3.05) is 25.5 Å². The van der Waals surface area contributed by atoms with Gasteiger partial charge in [0, 0.05) is 19.0 Å². The summed E-state index contributed by atoms with van der Waals surface area (Å²) in [6.07, 6.45) is 1.59. The molecule has 1 fully saturated rings. The Balaban J connectivity index is 1.56. The third-order valence-corrected chi connectivity index (χ3v) is 6.07. The number of amides is 1. The van der Waals surface area contributed by atoms with Crippen LogP contribution in [-0.4, -0.2) is 36.5 Å². The first kappa shape index (κ1) is 19.9. The van der Waals surface area contributed by atoms with E-state index in [1.165, 1.54) is 5.56 Å². The van der Waals surface area contributed by atoms with E-state index in [1.54, 1.807) is 11.8 Å². The zero-order chi connectivity index (χ0) is 19.0. The molecule has 1 heterocycles. The van der Waals surface area contributed by atoms with Gasteiger partial charge in [-0.1, -0.05) is 60.7 Å². The maximum atomic E-state index is 12.3. The molecule has 1 atom stereocenters. The highest BCUT2D eigenvalue weighted by Crippen LogP contribution is 2.35. The first-order valence-electron chi connectivity index (χ1n) is 9.42. The summed E-state index contributed by atoms with van der Waals surface area (Å²) in [6.45, 7) is 1.54. The molecule has 0 spiro atoms. The number of aliphatic hydroxyl groups is 1. The lowest BCUT2D eigenvalue weighted by Crippen LogP contribution is -2.48. The van der Waals surface area contributed by atoms with E-state index >= 15 is 0 Å². The zero-order valence-electron chi connectivity index (χ0n) is 15.5. The second-order valence-electron chi connectivity index (χ2n) is 6.93. The van der Waals surface area contributed by atoms with Gasteiger partial charge in [0.2, 0.25) is 5.91 Å². The highest BCUT2D eigenvalue weighted by Gasteiger charge is 2.39. The minimum absolute atomic E-state index is 0.0441. The average molecular weight is 386 g/mol. The molecule has 0 unspecified atom stereocenters. The lowest BCUT2D eigenvalue weighted by Gasteiger charge is -2.39. The summed E-state index contributed by atoms with van der Waals surface area (Å²) >= 11 is 1.58. The Morgan fingerprint density at radius 3 is 2.37 bits per heavy atom. The molecule has 27 heavy (non-hydrogen) atoms. The number of carbonyl (C=O) groups is 1. The number of rotatable bonds is 8. The normalized spacial score (nSPS) is 17.2. The van der Waals surface area contributed by atoms with Crippen LogP contribution in [0.25, 0.3) is 0 Å². The predicted octanol–water partition coefficient (Wildman–Crippen LogP) is 3.35. The molecule has 2 N–H and O–H groups in total. The van der Waals surface area contributed by atoms with Gasteiger partial charge in [0.15, 0.2) is 0 Å². The summed E-state index contributed by atoms with van der Waals surface area (Å²) in [5.74, 6) is 1.22. The molecular weight excluding hydrogens is 358 g/mol. The fourth-order valence-corrected chi connectivity index (χ4v) is 4.32. The van der Waals surface area contributed by atoms with Crippen LogP contribution in [0, 0.1) is 5.92 Å². The number of benzene rings is 2. The predicted molar refractivity (Wildman–Crippen MR) is 109 cm³/mol. The van der Waals surface area contributed by atoms with Crippen molar-refractivity contribution in [3.8, 4) is 0 Å². The first-order chi connectivity index (χ1) is 13.2. The second kappa shape index (κ2) is 9.93. The molecule has 1 amide bonds. The molecule has 1 saturated heterocycles. The van der Waals surface area contributed by atoms with Crippen molar-refractivity contribution in [3.63, 3.8) is 0 Å². The van der Waals surface area contributed by atoms with Crippen molar-refractivity contribution in [1.29, 1.82) is 0 Å². The Hall–Kier alpha value is -1.82. The molecule has 1 aliphatic heterocycles. The number of hydrogen-bond donors (Lipinski definition) is 2. The number of nitrogens with one attached hydrogen (secondary N) is 1. The lowest BCUT2D eigenvalue weighted by molar-refractivity contribution is -0.121. The Kier molecular flexibility index (Phi) is 7.33. The van der Waals surface area contributed by atoms with E-state index in [1.807, 2.05) is 48.5 Å². The minimum atomic E-state index is -1.06. The van der Waals surface area contributed by atoms with E-state index in [-0.39, 0.29) is 18.4 Å². The van der Waals surface area contributed by atoms with Crippen molar-refractivity contribution in [1.82, 2.24) is 5.32 Å². The van der Waals surface area contributed by atoms with Crippen LogP contribution in [0.3, 0.4) is 0 Å². The van der Waals surface area contributed by atoms with E-state index in [0.29, 0.717) is 19.0 Å². The standard InChI is InChI=1S/C22H27NO3S/c24-21(16-27-15-18-7-3-1-4-8-18)23-17-22(25,19-9-5-2-6-10-19)20-11-13-26-14-12-20/h1-10,20,25H,11-17H2,(H,23,24)/t22-/m0/s1. The van der Waals surface area contributed by atoms with Gasteiger partial charge in [0.05, 0.1) is 12.3 Å². The van der Waals surface area contributed by atoms with Gasteiger partial charge < -0.3 is 15.2 Å². The molecule has 0 aromatic heterocycles. The molecule has 2 aromatic carbocycles. The molecule has 0 aliphatic carbocycles. The van der Waals surface area contributed by atoms with Gasteiger partial charge in [-0.3, -0.25) is 4.79 Å². The van der Waals surface area contributed by atoms with Gasteiger partial charge in [0.25, 0.3) is 0 Å². The van der Waals surface area contributed by atoms with Crippen molar-refractivity contribution < 1.29 is 14.6 Å². The number of carbonyl (C=O) groups excluding carboxylic acids is 1. The molecule has 3 rings (SSSR count). The molecule has 5 heteroatoms. The minimum Gasteiger partial charge on any atom is -0.383 e. The smallest absolute Gasteiger partial charge is 0.230 e. The Morgan fingerprint density at radius 1 is 1.07 bits per heavy atom. The van der Waals surface area contributed by atoms with Crippen LogP contribution in [0.2, 0.25) is 0 Å². The largest absolute Gasteiger partial charge is 0.383 e. The summed E-state index contributed by atoms with van der Waals surface area (Å²) in [5.41, 5.74) is 0.998. The van der Waals surface area contributed by atoms with Crippen LogP contribution in [0.1, 0.15) is 24.0 Å². The van der Waals surface area contributed by atoms with Gasteiger partial charge in [-0.05, 0) is 29.9 Å². The SMILES string of the molecule is O=C(CSCc1ccccc1)NC[C@](O)(c1ccccc1)C1CCOCC1. The molecule has 2 aromatic rings. The Morgan fingerprint density at radius 2 is 1.70 bits per heavy atom. The second-order valence-corrected chi connectivity index (χ2v) is 7.92. The molecular formula is C22H27NO3S.